The first-order valence-corrected chi connectivity index (χ1v) is 9.99. The quantitative estimate of drug-likeness (QED) is 0.158. The van der Waals surface area contributed by atoms with Crippen LogP contribution in [0.5, 0.6) is 0 Å². The van der Waals surface area contributed by atoms with E-state index in [4.69, 9.17) is 11.5 Å². The number of nitrogen functional groups attached to an aromatic ring is 2. The second-order valence-electron chi connectivity index (χ2n) is 7.21. The van der Waals surface area contributed by atoms with Crippen molar-refractivity contribution in [2.24, 2.45) is 10.2 Å². The molecular weight excluding hydrogens is 472 g/mol. The van der Waals surface area contributed by atoms with E-state index in [1.54, 1.807) is 24.3 Å². The molecule has 3 aromatic carbocycles. The van der Waals surface area contributed by atoms with Gasteiger partial charge in [-0.1, -0.05) is 18.2 Å². The molecule has 0 bridgehead atoms. The third-order valence-corrected chi connectivity index (χ3v) is 4.50. The molecule has 0 fully saturated rings. The van der Waals surface area contributed by atoms with E-state index in [0.29, 0.717) is 11.1 Å². The van der Waals surface area contributed by atoms with Crippen molar-refractivity contribution in [2.45, 2.75) is 0 Å². The molecule has 0 aliphatic carbocycles. The molecule has 14 heteroatoms. The Hall–Kier alpha value is -5.66. The summed E-state index contributed by atoms with van der Waals surface area (Å²) in [6, 6.07) is 13.7. The van der Waals surface area contributed by atoms with Crippen molar-refractivity contribution in [1.82, 2.24) is 10.9 Å². The van der Waals surface area contributed by atoms with Gasteiger partial charge in [0.1, 0.15) is 0 Å². The normalized spacial score (nSPS) is 10.9. The van der Waals surface area contributed by atoms with Crippen LogP contribution >= 0.6 is 0 Å². The van der Waals surface area contributed by atoms with E-state index in [2.05, 4.69) is 21.1 Å². The molecule has 0 spiro atoms. The standard InChI is InChI=1S/C22H18N8O6/c23-17-5-15(7-19(9-17)29(33)34)21(31)27-25-11-13-2-1-3-14(4-13)12-26-28-22(32)16-6-18(24)10-20(8-16)30(35)36/h1-12H,23-24H2,(H,27,31)(H,28,32)/b25-11-,26-12+. The number of amides is 2. The maximum atomic E-state index is 12.2. The number of non-ortho nitro benzene ring substituents is 2. The summed E-state index contributed by atoms with van der Waals surface area (Å²) in [6.45, 7) is 0. The number of nitro benzene ring substituents is 2. The van der Waals surface area contributed by atoms with E-state index < -0.39 is 21.7 Å². The second-order valence-corrected chi connectivity index (χ2v) is 7.21. The first-order valence-electron chi connectivity index (χ1n) is 9.99. The lowest BCUT2D eigenvalue weighted by Gasteiger charge is -2.03. The lowest BCUT2D eigenvalue weighted by molar-refractivity contribution is -0.385. The van der Waals surface area contributed by atoms with Crippen LogP contribution in [0.15, 0.2) is 70.9 Å². The molecule has 3 rings (SSSR count). The highest BCUT2D eigenvalue weighted by Gasteiger charge is 2.14. The predicted octanol–water partition coefficient (Wildman–Crippen LogP) is 2.20. The zero-order valence-electron chi connectivity index (χ0n) is 18.3. The molecule has 0 heterocycles. The maximum absolute atomic E-state index is 12.2. The van der Waals surface area contributed by atoms with Crippen LogP contribution in [0.4, 0.5) is 22.7 Å². The van der Waals surface area contributed by atoms with Crippen molar-refractivity contribution in [3.05, 3.63) is 103 Å². The van der Waals surface area contributed by atoms with Crippen LogP contribution in [0.2, 0.25) is 0 Å². The van der Waals surface area contributed by atoms with Crippen molar-refractivity contribution in [3.8, 4) is 0 Å². The van der Waals surface area contributed by atoms with Gasteiger partial charge in [0.05, 0.1) is 33.4 Å². The number of nitrogens with two attached hydrogens (primary N) is 2. The Kier molecular flexibility index (Phi) is 7.61. The zero-order valence-corrected chi connectivity index (χ0v) is 18.3. The average Bonchev–Trinajstić information content (AvgIpc) is 2.83. The van der Waals surface area contributed by atoms with Crippen molar-refractivity contribution in [3.63, 3.8) is 0 Å². The van der Waals surface area contributed by atoms with Gasteiger partial charge in [0, 0.05) is 35.6 Å². The molecule has 182 valence electrons. The van der Waals surface area contributed by atoms with Gasteiger partial charge >= 0.3 is 0 Å². The van der Waals surface area contributed by atoms with Crippen LogP contribution < -0.4 is 22.3 Å². The van der Waals surface area contributed by atoms with Crippen molar-refractivity contribution >= 4 is 47.0 Å². The monoisotopic (exact) mass is 490 g/mol. The Morgan fingerprint density at radius 1 is 0.722 bits per heavy atom. The van der Waals surface area contributed by atoms with E-state index in [1.807, 2.05) is 0 Å². The zero-order chi connectivity index (χ0) is 26.2. The van der Waals surface area contributed by atoms with Crippen molar-refractivity contribution in [1.29, 1.82) is 0 Å². The molecule has 3 aromatic rings. The fraction of sp³-hybridized carbons (Fsp3) is 0. The molecule has 0 aliphatic heterocycles. The average molecular weight is 490 g/mol. The van der Waals surface area contributed by atoms with Crippen LogP contribution in [-0.4, -0.2) is 34.1 Å². The maximum Gasteiger partial charge on any atom is 0.272 e. The molecule has 36 heavy (non-hydrogen) atoms. The summed E-state index contributed by atoms with van der Waals surface area (Å²) >= 11 is 0. The van der Waals surface area contributed by atoms with Gasteiger partial charge < -0.3 is 11.5 Å². The summed E-state index contributed by atoms with van der Waals surface area (Å²) < 4.78 is 0. The van der Waals surface area contributed by atoms with Gasteiger partial charge in [0.2, 0.25) is 0 Å². The number of nitro groups is 2. The smallest absolute Gasteiger partial charge is 0.272 e. The molecule has 6 N–H and O–H groups in total. The Bertz CT molecular complexity index is 1320. The minimum absolute atomic E-state index is 0.0269. The molecule has 0 aliphatic rings. The number of nitrogens with zero attached hydrogens (tertiary/aromatic N) is 4. The van der Waals surface area contributed by atoms with Gasteiger partial charge in [-0.15, -0.1) is 0 Å². The van der Waals surface area contributed by atoms with E-state index in [0.717, 1.165) is 24.3 Å². The second kappa shape index (κ2) is 11.0. The number of rotatable bonds is 8. The van der Waals surface area contributed by atoms with E-state index >= 15 is 0 Å². The molecule has 0 saturated heterocycles. The number of anilines is 2. The van der Waals surface area contributed by atoms with E-state index in [-0.39, 0.29) is 33.9 Å². The lowest BCUT2D eigenvalue weighted by Crippen LogP contribution is -2.18. The van der Waals surface area contributed by atoms with Crippen LogP contribution in [0.25, 0.3) is 0 Å². The highest BCUT2D eigenvalue weighted by molar-refractivity contribution is 5.97. The highest BCUT2D eigenvalue weighted by Crippen LogP contribution is 2.19. The molecule has 0 radical (unpaired) electrons. The van der Waals surface area contributed by atoms with Crippen LogP contribution in [0.3, 0.4) is 0 Å². The molecule has 2 amide bonds. The minimum atomic E-state index is -0.691. The van der Waals surface area contributed by atoms with Crippen molar-refractivity contribution < 1.29 is 19.4 Å². The van der Waals surface area contributed by atoms with E-state index in [1.165, 1.54) is 24.6 Å². The number of nitrogens with one attached hydrogen (secondary N) is 2. The van der Waals surface area contributed by atoms with Gasteiger partial charge in [0.15, 0.2) is 0 Å². The lowest BCUT2D eigenvalue weighted by atomic mass is 10.1. The SMILES string of the molecule is Nc1cc(C(=O)N/N=C\c2cccc(/C=N/NC(=O)c3cc(N)cc([N+](=O)[O-])c3)c2)cc([N+](=O)[O-])c1. The first-order chi connectivity index (χ1) is 17.1. The number of carbonyl (C=O) groups excluding carboxylic acids is 2. The summed E-state index contributed by atoms with van der Waals surface area (Å²) in [4.78, 5) is 45.0. The van der Waals surface area contributed by atoms with Gasteiger partial charge in [-0.05, 0) is 29.3 Å². The Morgan fingerprint density at radius 3 is 1.53 bits per heavy atom. The Balaban J connectivity index is 1.62. The van der Waals surface area contributed by atoms with Crippen molar-refractivity contribution in [2.75, 3.05) is 11.5 Å². The Morgan fingerprint density at radius 2 is 1.14 bits per heavy atom. The van der Waals surface area contributed by atoms with E-state index in [9.17, 15) is 29.8 Å². The molecule has 0 saturated carbocycles. The summed E-state index contributed by atoms with van der Waals surface area (Å²) in [5, 5.41) is 29.5. The third kappa shape index (κ3) is 6.67. The molecular formula is C22H18N8O6. The summed E-state index contributed by atoms with van der Waals surface area (Å²) in [6.07, 6.45) is 2.67. The van der Waals surface area contributed by atoms with Gasteiger partial charge in [-0.3, -0.25) is 29.8 Å². The topological polar surface area (TPSA) is 221 Å². The molecule has 0 unspecified atom stereocenters. The van der Waals surface area contributed by atoms with Crippen LogP contribution in [0.1, 0.15) is 31.8 Å². The summed E-state index contributed by atoms with van der Waals surface area (Å²) in [5.74, 6) is -1.38. The highest BCUT2D eigenvalue weighted by atomic mass is 16.6. The van der Waals surface area contributed by atoms with Gasteiger partial charge in [-0.25, -0.2) is 10.9 Å². The fourth-order valence-corrected chi connectivity index (χ4v) is 2.92. The van der Waals surface area contributed by atoms with Gasteiger partial charge in [-0.2, -0.15) is 10.2 Å². The first kappa shape index (κ1) is 25.0. The summed E-state index contributed by atoms with van der Waals surface area (Å²) in [5.41, 5.74) is 16.3. The van der Waals surface area contributed by atoms with Crippen LogP contribution in [-0.2, 0) is 0 Å². The van der Waals surface area contributed by atoms with Gasteiger partial charge in [0.25, 0.3) is 23.2 Å². The fourth-order valence-electron chi connectivity index (χ4n) is 2.92. The number of hydrazone groups is 2. The summed E-state index contributed by atoms with van der Waals surface area (Å²) in [7, 11) is 0. The number of hydrogen-bond acceptors (Lipinski definition) is 10. The number of carbonyl (C=O) groups is 2. The third-order valence-electron chi connectivity index (χ3n) is 4.50. The largest absolute Gasteiger partial charge is 0.399 e. The number of benzene rings is 3. The Labute approximate surface area is 202 Å². The minimum Gasteiger partial charge on any atom is -0.399 e. The number of hydrogen-bond donors (Lipinski definition) is 4. The molecule has 0 aromatic heterocycles. The van der Waals surface area contributed by atoms with Crippen LogP contribution in [0, 0.1) is 20.2 Å². The molecule has 14 nitrogen and oxygen atoms in total. The predicted molar refractivity (Wildman–Crippen MR) is 132 cm³/mol. The molecule has 0 atom stereocenters.